The first kappa shape index (κ1) is 13.6. The minimum absolute atomic E-state index is 0.126. The monoisotopic (exact) mass is 285 g/mol. The van der Waals surface area contributed by atoms with Crippen LogP contribution < -0.4 is 0 Å². The van der Waals surface area contributed by atoms with Crippen molar-refractivity contribution in [1.82, 2.24) is 24.6 Å². The lowest BCUT2D eigenvalue weighted by Gasteiger charge is -2.12. The molecule has 0 radical (unpaired) electrons. The smallest absolute Gasteiger partial charge is 0.223 e. The van der Waals surface area contributed by atoms with E-state index in [1.807, 2.05) is 25.1 Å². The summed E-state index contributed by atoms with van der Waals surface area (Å²) in [4.78, 5) is 21.8. The minimum atomic E-state index is 0.126. The second kappa shape index (κ2) is 5.20. The summed E-state index contributed by atoms with van der Waals surface area (Å²) >= 11 is 0. The fourth-order valence-corrected chi connectivity index (χ4v) is 2.79. The third kappa shape index (κ3) is 2.49. The molecular formula is C15H19N5O. The van der Waals surface area contributed by atoms with Gasteiger partial charge >= 0.3 is 0 Å². The molecule has 1 unspecified atom stereocenters. The zero-order chi connectivity index (χ0) is 15.0. The van der Waals surface area contributed by atoms with E-state index < -0.39 is 0 Å². The highest BCUT2D eigenvalue weighted by Crippen LogP contribution is 2.29. The number of nitrogens with one attached hydrogen (secondary N) is 1. The lowest BCUT2D eigenvalue weighted by atomic mass is 10.1. The molecule has 1 amide bonds. The predicted octanol–water partition coefficient (Wildman–Crippen LogP) is 1.62. The fourth-order valence-electron chi connectivity index (χ4n) is 2.79. The summed E-state index contributed by atoms with van der Waals surface area (Å²) in [6.07, 6.45) is 6.01. The number of carbonyl (C=O) groups excluding carboxylic acids is 1. The molecule has 2 aromatic rings. The Kier molecular flexibility index (Phi) is 3.37. The van der Waals surface area contributed by atoms with Gasteiger partial charge in [0.2, 0.25) is 5.91 Å². The lowest BCUT2D eigenvalue weighted by molar-refractivity contribution is -0.127. The Morgan fingerprint density at radius 2 is 2.38 bits per heavy atom. The van der Waals surface area contributed by atoms with Gasteiger partial charge in [-0.25, -0.2) is 4.98 Å². The Hall–Kier alpha value is -2.37. The van der Waals surface area contributed by atoms with Crippen LogP contribution in [-0.2, 0) is 11.8 Å². The van der Waals surface area contributed by atoms with Crippen LogP contribution in [0.5, 0.6) is 0 Å². The Balaban J connectivity index is 1.85. The molecule has 6 nitrogen and oxygen atoms in total. The van der Waals surface area contributed by atoms with Gasteiger partial charge in [0.1, 0.15) is 5.82 Å². The Bertz CT molecular complexity index is 684. The molecule has 0 spiro atoms. The van der Waals surface area contributed by atoms with E-state index in [0.717, 1.165) is 22.8 Å². The van der Waals surface area contributed by atoms with E-state index in [2.05, 4.69) is 16.7 Å². The van der Waals surface area contributed by atoms with Crippen molar-refractivity contribution in [1.29, 1.82) is 0 Å². The van der Waals surface area contributed by atoms with Crippen molar-refractivity contribution in [2.75, 3.05) is 13.1 Å². The first-order valence-electron chi connectivity index (χ1n) is 7.02. The van der Waals surface area contributed by atoms with Crippen molar-refractivity contribution >= 4 is 5.91 Å². The zero-order valence-corrected chi connectivity index (χ0v) is 12.3. The topological polar surface area (TPSA) is 66.8 Å². The van der Waals surface area contributed by atoms with Crippen LogP contribution in [0.25, 0.3) is 11.3 Å². The summed E-state index contributed by atoms with van der Waals surface area (Å²) in [5.41, 5.74) is 2.91. The molecule has 1 atom stereocenters. The average molecular weight is 285 g/mol. The molecule has 6 heteroatoms. The normalized spacial score (nSPS) is 18.5. The van der Waals surface area contributed by atoms with Gasteiger partial charge in [-0.2, -0.15) is 5.10 Å². The first-order chi connectivity index (χ1) is 10.1. The molecule has 0 bridgehead atoms. The van der Waals surface area contributed by atoms with Crippen LogP contribution in [-0.4, -0.2) is 43.6 Å². The zero-order valence-electron chi connectivity index (χ0n) is 12.3. The van der Waals surface area contributed by atoms with E-state index in [1.165, 1.54) is 0 Å². The standard InChI is InChI=1S/C15H19N5O/c1-4-5-20-9-11(6-13(20)21)15-17-10(2)14(18-15)12-7-16-19(3)8-12/h4,7-8,11H,1,5-6,9H2,2-3H3,(H,17,18). The maximum atomic E-state index is 11.9. The number of imidazole rings is 1. The molecular weight excluding hydrogens is 266 g/mol. The van der Waals surface area contributed by atoms with E-state index in [4.69, 9.17) is 4.98 Å². The molecule has 3 heterocycles. The van der Waals surface area contributed by atoms with Crippen LogP contribution in [0.15, 0.2) is 25.0 Å². The van der Waals surface area contributed by atoms with Crippen molar-refractivity contribution in [3.63, 3.8) is 0 Å². The van der Waals surface area contributed by atoms with Crippen molar-refractivity contribution in [3.8, 4) is 11.3 Å². The molecule has 3 rings (SSSR count). The summed E-state index contributed by atoms with van der Waals surface area (Å²) in [7, 11) is 1.88. The van der Waals surface area contributed by atoms with Crippen LogP contribution in [0.2, 0.25) is 0 Å². The van der Waals surface area contributed by atoms with Gasteiger partial charge in [0.15, 0.2) is 0 Å². The maximum absolute atomic E-state index is 11.9. The summed E-state index contributed by atoms with van der Waals surface area (Å²) in [6.45, 7) is 6.99. The van der Waals surface area contributed by atoms with Gasteiger partial charge < -0.3 is 9.88 Å². The molecule has 0 aromatic carbocycles. The summed E-state index contributed by atoms with van der Waals surface area (Å²) in [5, 5.41) is 4.18. The fraction of sp³-hybridized carbons (Fsp3) is 0.400. The number of amides is 1. The van der Waals surface area contributed by atoms with Gasteiger partial charge in [0.05, 0.1) is 11.9 Å². The van der Waals surface area contributed by atoms with Crippen molar-refractivity contribution in [3.05, 3.63) is 36.6 Å². The van der Waals surface area contributed by atoms with Crippen LogP contribution >= 0.6 is 0 Å². The number of hydrogen-bond donors (Lipinski definition) is 1. The van der Waals surface area contributed by atoms with E-state index in [1.54, 1.807) is 17.0 Å². The highest BCUT2D eigenvalue weighted by atomic mass is 16.2. The van der Waals surface area contributed by atoms with Crippen molar-refractivity contribution in [2.24, 2.45) is 7.05 Å². The molecule has 21 heavy (non-hydrogen) atoms. The van der Waals surface area contributed by atoms with Gasteiger partial charge in [-0.3, -0.25) is 9.48 Å². The van der Waals surface area contributed by atoms with Crippen LogP contribution in [0.3, 0.4) is 0 Å². The number of aromatic nitrogens is 4. The SMILES string of the molecule is C=CCN1CC(c2nc(-c3cnn(C)c3)c(C)[nH]2)CC1=O. The number of hydrogen-bond acceptors (Lipinski definition) is 3. The molecule has 110 valence electrons. The second-order valence-corrected chi connectivity index (χ2v) is 5.49. The number of aromatic amines is 1. The molecule has 1 fully saturated rings. The average Bonchev–Trinajstić information content (AvgIpc) is 3.11. The van der Waals surface area contributed by atoms with E-state index in [9.17, 15) is 4.79 Å². The van der Waals surface area contributed by atoms with Crippen molar-refractivity contribution < 1.29 is 4.79 Å². The van der Waals surface area contributed by atoms with Gasteiger partial charge in [-0.1, -0.05) is 6.08 Å². The molecule has 1 aliphatic rings. The number of carbonyl (C=O) groups is 1. The quantitative estimate of drug-likeness (QED) is 0.868. The van der Waals surface area contributed by atoms with Gasteiger partial charge in [-0.05, 0) is 6.92 Å². The summed E-state index contributed by atoms with van der Waals surface area (Å²) < 4.78 is 1.76. The van der Waals surface area contributed by atoms with E-state index in [0.29, 0.717) is 19.5 Å². The van der Waals surface area contributed by atoms with E-state index in [-0.39, 0.29) is 11.8 Å². The number of rotatable bonds is 4. The number of H-pyrrole nitrogens is 1. The van der Waals surface area contributed by atoms with Crippen LogP contribution in [0.4, 0.5) is 0 Å². The van der Waals surface area contributed by atoms with Crippen molar-refractivity contribution in [2.45, 2.75) is 19.3 Å². The highest BCUT2D eigenvalue weighted by molar-refractivity contribution is 5.79. The largest absolute Gasteiger partial charge is 0.345 e. The lowest BCUT2D eigenvalue weighted by Crippen LogP contribution is -2.24. The van der Waals surface area contributed by atoms with Gasteiger partial charge in [-0.15, -0.1) is 6.58 Å². The maximum Gasteiger partial charge on any atom is 0.223 e. The molecule has 1 N–H and O–H groups in total. The first-order valence-corrected chi connectivity index (χ1v) is 7.02. The molecule has 0 aliphatic carbocycles. The molecule has 1 saturated heterocycles. The summed E-state index contributed by atoms with van der Waals surface area (Å²) in [5.74, 6) is 1.17. The Morgan fingerprint density at radius 3 is 3.05 bits per heavy atom. The third-order valence-corrected chi connectivity index (χ3v) is 3.83. The van der Waals surface area contributed by atoms with Gasteiger partial charge in [0, 0.05) is 49.9 Å². The number of nitrogens with zero attached hydrogens (tertiary/aromatic N) is 4. The second-order valence-electron chi connectivity index (χ2n) is 5.49. The number of likely N-dealkylation sites (tertiary alicyclic amines) is 1. The minimum Gasteiger partial charge on any atom is -0.345 e. The molecule has 0 saturated carbocycles. The number of aryl methyl sites for hydroxylation is 2. The third-order valence-electron chi connectivity index (χ3n) is 3.83. The molecule has 1 aliphatic heterocycles. The van der Waals surface area contributed by atoms with Gasteiger partial charge in [0.25, 0.3) is 0 Å². The van der Waals surface area contributed by atoms with Crippen LogP contribution in [0, 0.1) is 6.92 Å². The Labute approximate surface area is 123 Å². The van der Waals surface area contributed by atoms with E-state index >= 15 is 0 Å². The Morgan fingerprint density at radius 1 is 1.57 bits per heavy atom. The highest BCUT2D eigenvalue weighted by Gasteiger charge is 2.32. The molecule has 2 aromatic heterocycles. The van der Waals surface area contributed by atoms with Crippen LogP contribution in [0.1, 0.15) is 23.9 Å². The predicted molar refractivity (Wildman–Crippen MR) is 79.7 cm³/mol. The summed E-state index contributed by atoms with van der Waals surface area (Å²) in [6, 6.07) is 0.